The maximum atomic E-state index is 8.91. The average Bonchev–Trinajstić information content (AvgIpc) is 2.92. The summed E-state index contributed by atoms with van der Waals surface area (Å²) in [6, 6.07) is 0. The van der Waals surface area contributed by atoms with Gasteiger partial charge in [-0.15, -0.1) is 0 Å². The SMILES string of the molecule is CC.CC(C)(C)N1CCCC1.CC(C)(C)NC[C@H](O)CO. The smallest absolute Gasteiger partial charge is 0.0895 e. The highest BCUT2D eigenvalue weighted by Crippen LogP contribution is 2.19. The second-order valence-corrected chi connectivity index (χ2v) is 7.33. The number of nitrogens with zero attached hydrogens (tertiary/aromatic N) is 1. The van der Waals surface area contributed by atoms with Gasteiger partial charge in [0.05, 0.1) is 12.7 Å². The molecule has 3 N–H and O–H groups in total. The molecule has 1 rings (SSSR count). The Hall–Kier alpha value is -0.160. The van der Waals surface area contributed by atoms with E-state index in [-0.39, 0.29) is 12.1 Å². The number of hydrogen-bond donors (Lipinski definition) is 3. The van der Waals surface area contributed by atoms with Crippen LogP contribution in [0.1, 0.15) is 68.2 Å². The first kappa shape index (κ1) is 23.1. The summed E-state index contributed by atoms with van der Waals surface area (Å²) in [6.07, 6.45) is 2.16. The molecule has 0 aromatic carbocycles. The first-order chi connectivity index (χ1) is 9.56. The van der Waals surface area contributed by atoms with Crippen LogP contribution in [0.5, 0.6) is 0 Å². The van der Waals surface area contributed by atoms with E-state index in [9.17, 15) is 0 Å². The quantitative estimate of drug-likeness (QED) is 0.750. The van der Waals surface area contributed by atoms with E-state index in [1.54, 1.807) is 0 Å². The van der Waals surface area contributed by atoms with Gasteiger partial charge in [-0.05, 0) is 67.5 Å². The van der Waals surface area contributed by atoms with Crippen molar-refractivity contribution in [3.8, 4) is 0 Å². The van der Waals surface area contributed by atoms with Crippen molar-refractivity contribution >= 4 is 0 Å². The lowest BCUT2D eigenvalue weighted by atomic mass is 10.1. The lowest BCUT2D eigenvalue weighted by molar-refractivity contribution is 0.0888. The van der Waals surface area contributed by atoms with Gasteiger partial charge in [-0.2, -0.15) is 0 Å². The molecule has 21 heavy (non-hydrogen) atoms. The third kappa shape index (κ3) is 14.5. The largest absolute Gasteiger partial charge is 0.394 e. The number of aliphatic hydroxyl groups is 2. The zero-order chi connectivity index (χ0) is 17.1. The fraction of sp³-hybridized carbons (Fsp3) is 1.00. The summed E-state index contributed by atoms with van der Waals surface area (Å²) < 4.78 is 0. The third-order valence-corrected chi connectivity index (χ3v) is 3.13. The Morgan fingerprint density at radius 1 is 1.00 bits per heavy atom. The Bertz CT molecular complexity index is 226. The van der Waals surface area contributed by atoms with E-state index in [1.165, 1.54) is 25.9 Å². The van der Waals surface area contributed by atoms with Gasteiger partial charge in [0.2, 0.25) is 0 Å². The molecule has 130 valence electrons. The van der Waals surface area contributed by atoms with Gasteiger partial charge in [0.15, 0.2) is 0 Å². The van der Waals surface area contributed by atoms with Crippen LogP contribution in [0.2, 0.25) is 0 Å². The standard InChI is InChI=1S/C8H17N.C7H17NO2.C2H6/c1-8(2,3)9-6-4-5-7-9;1-7(2,3)8-4-6(10)5-9;1-2/h4-7H2,1-3H3;6,8-10H,4-5H2,1-3H3;1-2H3/t;6-;/m.0./s1. The Morgan fingerprint density at radius 2 is 1.43 bits per heavy atom. The van der Waals surface area contributed by atoms with Gasteiger partial charge >= 0.3 is 0 Å². The average molecular weight is 305 g/mol. The van der Waals surface area contributed by atoms with Gasteiger partial charge < -0.3 is 15.5 Å². The Labute approximate surface area is 132 Å². The number of β-amino-alcohol motifs (C(OH)–C–C–N with tert-alkyl or cyclic N) is 1. The van der Waals surface area contributed by atoms with E-state index in [2.05, 4.69) is 31.0 Å². The number of hydrogen-bond acceptors (Lipinski definition) is 4. The van der Waals surface area contributed by atoms with Crippen molar-refractivity contribution in [2.75, 3.05) is 26.2 Å². The Kier molecular flexibility index (Phi) is 12.6. The zero-order valence-corrected chi connectivity index (χ0v) is 15.7. The lowest BCUT2D eigenvalue weighted by Crippen LogP contribution is -2.41. The normalized spacial score (nSPS) is 17.4. The van der Waals surface area contributed by atoms with Crippen LogP contribution in [0, 0.1) is 0 Å². The minimum atomic E-state index is -0.640. The van der Waals surface area contributed by atoms with Crippen molar-refractivity contribution in [1.82, 2.24) is 10.2 Å². The van der Waals surface area contributed by atoms with Crippen LogP contribution in [0.25, 0.3) is 0 Å². The van der Waals surface area contributed by atoms with Crippen LogP contribution in [-0.4, -0.2) is 58.5 Å². The van der Waals surface area contributed by atoms with Gasteiger partial charge in [0.1, 0.15) is 0 Å². The third-order valence-electron chi connectivity index (χ3n) is 3.13. The van der Waals surface area contributed by atoms with Crippen LogP contribution in [0.4, 0.5) is 0 Å². The molecule has 0 aliphatic carbocycles. The molecule has 1 heterocycles. The lowest BCUT2D eigenvalue weighted by Gasteiger charge is -2.31. The summed E-state index contributed by atoms with van der Waals surface area (Å²) >= 11 is 0. The van der Waals surface area contributed by atoms with E-state index in [4.69, 9.17) is 10.2 Å². The molecule has 1 atom stereocenters. The van der Waals surface area contributed by atoms with Crippen LogP contribution < -0.4 is 5.32 Å². The molecule has 0 aromatic rings. The molecule has 0 aromatic heterocycles. The second-order valence-electron chi connectivity index (χ2n) is 7.33. The predicted octanol–water partition coefficient (Wildman–Crippen LogP) is 2.63. The topological polar surface area (TPSA) is 55.7 Å². The Balaban J connectivity index is 0. The first-order valence-electron chi connectivity index (χ1n) is 8.35. The minimum Gasteiger partial charge on any atom is -0.394 e. The maximum absolute atomic E-state index is 8.91. The number of nitrogens with one attached hydrogen (secondary N) is 1. The number of rotatable bonds is 3. The maximum Gasteiger partial charge on any atom is 0.0895 e. The van der Waals surface area contributed by atoms with Gasteiger partial charge in [0.25, 0.3) is 0 Å². The zero-order valence-electron chi connectivity index (χ0n) is 15.7. The molecular weight excluding hydrogens is 264 g/mol. The van der Waals surface area contributed by atoms with Crippen LogP contribution in [0.15, 0.2) is 0 Å². The van der Waals surface area contributed by atoms with Crippen molar-refractivity contribution in [3.05, 3.63) is 0 Å². The van der Waals surface area contributed by atoms with Crippen molar-refractivity contribution in [3.63, 3.8) is 0 Å². The monoisotopic (exact) mass is 304 g/mol. The summed E-state index contributed by atoms with van der Waals surface area (Å²) in [4.78, 5) is 2.55. The van der Waals surface area contributed by atoms with E-state index >= 15 is 0 Å². The predicted molar refractivity (Wildman–Crippen MR) is 92.8 cm³/mol. The minimum absolute atomic E-state index is 0.0101. The molecule has 0 bridgehead atoms. The summed E-state index contributed by atoms with van der Waals surface area (Å²) in [5.74, 6) is 0. The van der Waals surface area contributed by atoms with Gasteiger partial charge in [-0.25, -0.2) is 0 Å². The van der Waals surface area contributed by atoms with Crippen LogP contribution in [0.3, 0.4) is 0 Å². The highest BCUT2D eigenvalue weighted by Gasteiger charge is 2.23. The van der Waals surface area contributed by atoms with Crippen molar-refractivity contribution < 1.29 is 10.2 Å². The number of aliphatic hydroxyl groups excluding tert-OH is 2. The molecule has 0 saturated carbocycles. The van der Waals surface area contributed by atoms with E-state index in [1.807, 2.05) is 34.6 Å². The molecule has 0 unspecified atom stereocenters. The molecular formula is C17H40N2O2. The molecule has 0 radical (unpaired) electrons. The van der Waals surface area contributed by atoms with E-state index in [0.717, 1.165) is 0 Å². The van der Waals surface area contributed by atoms with E-state index in [0.29, 0.717) is 12.1 Å². The van der Waals surface area contributed by atoms with Gasteiger partial charge in [-0.1, -0.05) is 13.8 Å². The Morgan fingerprint density at radius 3 is 1.67 bits per heavy atom. The van der Waals surface area contributed by atoms with Gasteiger partial charge in [0, 0.05) is 17.6 Å². The van der Waals surface area contributed by atoms with Crippen molar-refractivity contribution in [2.24, 2.45) is 0 Å². The van der Waals surface area contributed by atoms with E-state index < -0.39 is 6.10 Å². The molecule has 0 amide bonds. The molecule has 4 nitrogen and oxygen atoms in total. The summed E-state index contributed by atoms with van der Waals surface area (Å²) in [5, 5.41) is 20.4. The highest BCUT2D eigenvalue weighted by molar-refractivity contribution is 4.79. The van der Waals surface area contributed by atoms with Crippen molar-refractivity contribution in [1.29, 1.82) is 0 Å². The molecule has 1 saturated heterocycles. The van der Waals surface area contributed by atoms with Crippen LogP contribution >= 0.6 is 0 Å². The fourth-order valence-corrected chi connectivity index (χ4v) is 1.88. The fourth-order valence-electron chi connectivity index (χ4n) is 1.88. The summed E-state index contributed by atoms with van der Waals surface area (Å²) in [5.41, 5.74) is 0.423. The van der Waals surface area contributed by atoms with Gasteiger partial charge in [-0.3, -0.25) is 4.90 Å². The first-order valence-corrected chi connectivity index (χ1v) is 8.35. The van der Waals surface area contributed by atoms with Crippen LogP contribution in [-0.2, 0) is 0 Å². The highest BCUT2D eigenvalue weighted by atomic mass is 16.3. The second kappa shape index (κ2) is 11.4. The molecule has 1 aliphatic rings. The molecule has 4 heteroatoms. The number of likely N-dealkylation sites (tertiary alicyclic amines) is 1. The summed E-state index contributed by atoms with van der Waals surface area (Å²) in [6.45, 7) is 19.8. The van der Waals surface area contributed by atoms with Crippen molar-refractivity contribution in [2.45, 2.75) is 85.4 Å². The molecule has 0 spiro atoms. The molecule has 1 fully saturated rings. The summed E-state index contributed by atoms with van der Waals surface area (Å²) in [7, 11) is 0. The molecule has 1 aliphatic heterocycles.